The maximum Gasteiger partial charge on any atom is 0.234 e. The summed E-state index contributed by atoms with van der Waals surface area (Å²) < 4.78 is 14.8. The molecule has 152 valence electrons. The van der Waals surface area contributed by atoms with Crippen molar-refractivity contribution in [1.29, 1.82) is 0 Å². The SMILES string of the molecule is O=C1CCC(c2ccc(N3CCN(CC4CCNCC4)CC3)c(F)c2)C(=O)N1. The van der Waals surface area contributed by atoms with Crippen LogP contribution in [0.4, 0.5) is 10.1 Å². The van der Waals surface area contributed by atoms with Crippen LogP contribution in [0.15, 0.2) is 18.2 Å². The first-order valence-electron chi connectivity index (χ1n) is 10.4. The fourth-order valence-corrected chi connectivity index (χ4v) is 4.61. The number of hydrogen-bond donors (Lipinski definition) is 2. The van der Waals surface area contributed by atoms with Crippen molar-refractivity contribution in [2.24, 2.45) is 5.92 Å². The Morgan fingerprint density at radius 3 is 2.46 bits per heavy atom. The van der Waals surface area contributed by atoms with Crippen LogP contribution in [0.5, 0.6) is 0 Å². The molecule has 1 atom stereocenters. The molecule has 0 aromatic heterocycles. The first kappa shape index (κ1) is 19.3. The minimum atomic E-state index is -0.442. The summed E-state index contributed by atoms with van der Waals surface area (Å²) in [7, 11) is 0. The van der Waals surface area contributed by atoms with E-state index in [9.17, 15) is 14.0 Å². The van der Waals surface area contributed by atoms with Crippen LogP contribution >= 0.6 is 0 Å². The number of nitrogens with zero attached hydrogens (tertiary/aromatic N) is 2. The lowest BCUT2D eigenvalue weighted by molar-refractivity contribution is -0.134. The van der Waals surface area contributed by atoms with E-state index in [1.165, 1.54) is 18.9 Å². The lowest BCUT2D eigenvalue weighted by Crippen LogP contribution is -2.48. The number of imide groups is 1. The highest BCUT2D eigenvalue weighted by Crippen LogP contribution is 2.29. The summed E-state index contributed by atoms with van der Waals surface area (Å²) in [4.78, 5) is 27.9. The molecular formula is C21H29FN4O2. The van der Waals surface area contributed by atoms with Crippen LogP contribution in [0.25, 0.3) is 0 Å². The van der Waals surface area contributed by atoms with Gasteiger partial charge >= 0.3 is 0 Å². The van der Waals surface area contributed by atoms with Crippen LogP contribution in [0.1, 0.15) is 37.2 Å². The number of nitrogens with one attached hydrogen (secondary N) is 2. The minimum absolute atomic E-state index is 0.249. The molecule has 3 saturated heterocycles. The zero-order valence-corrected chi connectivity index (χ0v) is 16.3. The number of piperidine rings is 2. The van der Waals surface area contributed by atoms with Crippen LogP contribution < -0.4 is 15.5 Å². The number of halogens is 1. The smallest absolute Gasteiger partial charge is 0.234 e. The van der Waals surface area contributed by atoms with E-state index in [-0.39, 0.29) is 17.6 Å². The van der Waals surface area contributed by atoms with Gasteiger partial charge in [-0.25, -0.2) is 4.39 Å². The molecule has 0 saturated carbocycles. The van der Waals surface area contributed by atoms with E-state index in [4.69, 9.17) is 0 Å². The summed E-state index contributed by atoms with van der Waals surface area (Å²) in [6, 6.07) is 5.09. The Balaban J connectivity index is 1.35. The van der Waals surface area contributed by atoms with Crippen molar-refractivity contribution in [3.63, 3.8) is 0 Å². The molecule has 2 N–H and O–H groups in total. The van der Waals surface area contributed by atoms with Crippen molar-refractivity contribution in [2.75, 3.05) is 50.7 Å². The van der Waals surface area contributed by atoms with Gasteiger partial charge in [0.2, 0.25) is 11.8 Å². The van der Waals surface area contributed by atoms with Gasteiger partial charge in [0.25, 0.3) is 0 Å². The standard InChI is InChI=1S/C21H29FN4O2/c22-18-13-16(17-2-4-20(27)24-21(17)28)1-3-19(18)26-11-9-25(10-12-26)14-15-5-7-23-8-6-15/h1,3,13,15,17,23H,2,4-12,14H2,(H,24,27,28). The Kier molecular flexibility index (Phi) is 5.92. The third kappa shape index (κ3) is 4.36. The number of hydrogen-bond acceptors (Lipinski definition) is 5. The second kappa shape index (κ2) is 8.57. The van der Waals surface area contributed by atoms with Gasteiger partial charge in [-0.1, -0.05) is 6.07 Å². The molecule has 2 amide bonds. The van der Waals surface area contributed by atoms with Crippen molar-refractivity contribution in [3.8, 4) is 0 Å². The summed E-state index contributed by atoms with van der Waals surface area (Å²) in [5.41, 5.74) is 1.26. The maximum absolute atomic E-state index is 14.8. The van der Waals surface area contributed by atoms with E-state index in [1.54, 1.807) is 6.07 Å². The van der Waals surface area contributed by atoms with Crippen molar-refractivity contribution >= 4 is 17.5 Å². The highest BCUT2D eigenvalue weighted by molar-refractivity contribution is 6.00. The van der Waals surface area contributed by atoms with Gasteiger partial charge in [-0.3, -0.25) is 19.8 Å². The second-order valence-electron chi connectivity index (χ2n) is 8.20. The molecule has 6 nitrogen and oxygen atoms in total. The third-order valence-electron chi connectivity index (χ3n) is 6.30. The summed E-state index contributed by atoms with van der Waals surface area (Å²) in [6.07, 6.45) is 3.24. The normalized spacial score (nSPS) is 25.0. The maximum atomic E-state index is 14.8. The number of carbonyl (C=O) groups excluding carboxylic acids is 2. The predicted molar refractivity (Wildman–Crippen MR) is 106 cm³/mol. The van der Waals surface area contributed by atoms with Gasteiger partial charge in [-0.15, -0.1) is 0 Å². The Morgan fingerprint density at radius 1 is 1.04 bits per heavy atom. The molecule has 3 heterocycles. The Bertz CT molecular complexity index is 727. The Morgan fingerprint density at radius 2 is 1.79 bits per heavy atom. The molecular weight excluding hydrogens is 359 g/mol. The lowest BCUT2D eigenvalue weighted by atomic mass is 9.90. The molecule has 3 aliphatic rings. The summed E-state index contributed by atoms with van der Waals surface area (Å²) in [5, 5.41) is 5.75. The molecule has 7 heteroatoms. The molecule has 0 bridgehead atoms. The molecule has 0 spiro atoms. The average Bonchev–Trinajstić information content (AvgIpc) is 2.69. The number of rotatable bonds is 4. The molecule has 3 aliphatic heterocycles. The van der Waals surface area contributed by atoms with E-state index in [2.05, 4.69) is 20.4 Å². The average molecular weight is 388 g/mol. The van der Waals surface area contributed by atoms with Crippen molar-refractivity contribution in [2.45, 2.75) is 31.6 Å². The van der Waals surface area contributed by atoms with E-state index in [1.807, 2.05) is 6.07 Å². The Labute approximate surface area is 165 Å². The fourth-order valence-electron chi connectivity index (χ4n) is 4.61. The first-order valence-corrected chi connectivity index (χ1v) is 10.4. The quantitative estimate of drug-likeness (QED) is 0.765. The number of benzene rings is 1. The van der Waals surface area contributed by atoms with Crippen LogP contribution in [0.3, 0.4) is 0 Å². The summed E-state index contributed by atoms with van der Waals surface area (Å²) in [5.74, 6) is -0.523. The van der Waals surface area contributed by atoms with Crippen molar-refractivity contribution in [1.82, 2.24) is 15.5 Å². The van der Waals surface area contributed by atoms with Crippen molar-refractivity contribution in [3.05, 3.63) is 29.6 Å². The van der Waals surface area contributed by atoms with E-state index >= 15 is 0 Å². The van der Waals surface area contributed by atoms with Crippen molar-refractivity contribution < 1.29 is 14.0 Å². The van der Waals surface area contributed by atoms with Gasteiger partial charge in [0.05, 0.1) is 11.6 Å². The van der Waals surface area contributed by atoms with Gasteiger partial charge in [0.1, 0.15) is 5.82 Å². The van der Waals surface area contributed by atoms with E-state index in [0.29, 0.717) is 24.1 Å². The number of amides is 2. The zero-order chi connectivity index (χ0) is 19.5. The molecule has 4 rings (SSSR count). The van der Waals surface area contributed by atoms with E-state index < -0.39 is 5.92 Å². The minimum Gasteiger partial charge on any atom is -0.367 e. The number of carbonyl (C=O) groups is 2. The van der Waals surface area contributed by atoms with Gasteiger partial charge in [-0.05, 0) is 56.0 Å². The molecule has 28 heavy (non-hydrogen) atoms. The third-order valence-corrected chi connectivity index (χ3v) is 6.30. The number of anilines is 1. The molecule has 1 aromatic rings. The largest absolute Gasteiger partial charge is 0.367 e. The van der Waals surface area contributed by atoms with Gasteiger partial charge in [0, 0.05) is 39.1 Å². The number of piperazine rings is 1. The highest BCUT2D eigenvalue weighted by atomic mass is 19.1. The lowest BCUT2D eigenvalue weighted by Gasteiger charge is -2.38. The summed E-state index contributed by atoms with van der Waals surface area (Å²) >= 11 is 0. The topological polar surface area (TPSA) is 64.7 Å². The van der Waals surface area contributed by atoms with Gasteiger partial charge in [-0.2, -0.15) is 0 Å². The van der Waals surface area contributed by atoms with Crippen LogP contribution in [0.2, 0.25) is 0 Å². The highest BCUT2D eigenvalue weighted by Gasteiger charge is 2.29. The fraction of sp³-hybridized carbons (Fsp3) is 0.619. The molecule has 1 unspecified atom stereocenters. The zero-order valence-electron chi connectivity index (χ0n) is 16.3. The molecule has 0 aliphatic carbocycles. The van der Waals surface area contributed by atoms with Crippen LogP contribution in [-0.4, -0.2) is 62.5 Å². The predicted octanol–water partition coefficient (Wildman–Crippen LogP) is 1.47. The molecule has 0 radical (unpaired) electrons. The Hall–Kier alpha value is -1.99. The summed E-state index contributed by atoms with van der Waals surface area (Å²) in [6.45, 7) is 6.94. The molecule has 1 aromatic carbocycles. The second-order valence-corrected chi connectivity index (χ2v) is 8.20. The van der Waals surface area contributed by atoms with Crippen LogP contribution in [-0.2, 0) is 9.59 Å². The monoisotopic (exact) mass is 388 g/mol. The van der Waals surface area contributed by atoms with E-state index in [0.717, 1.165) is 51.7 Å². The first-order chi connectivity index (χ1) is 13.6. The van der Waals surface area contributed by atoms with Gasteiger partial charge in [0.15, 0.2) is 0 Å². The van der Waals surface area contributed by atoms with Gasteiger partial charge < -0.3 is 10.2 Å². The van der Waals surface area contributed by atoms with Crippen LogP contribution in [0, 0.1) is 11.7 Å². The molecule has 3 fully saturated rings.